The van der Waals surface area contributed by atoms with Crippen molar-refractivity contribution >= 4 is 6.47 Å². The minimum atomic E-state index is -2.86. The van der Waals surface area contributed by atoms with E-state index in [-0.39, 0.29) is 18.3 Å². The largest absolute Gasteiger partial charge is 0.483 e. The van der Waals surface area contributed by atoms with Crippen molar-refractivity contribution in [3.63, 3.8) is 0 Å². The first-order chi connectivity index (χ1) is 12.0. The summed E-state index contributed by atoms with van der Waals surface area (Å²) in [7, 11) is 0. The molecule has 1 saturated carbocycles. The lowest BCUT2D eigenvalue weighted by atomic mass is 10.1. The highest BCUT2D eigenvalue weighted by Crippen LogP contribution is 2.34. The highest BCUT2D eigenvalue weighted by Gasteiger charge is 2.35. The van der Waals surface area contributed by atoms with Crippen LogP contribution in [0.25, 0.3) is 11.4 Å². The molecule has 0 saturated heterocycles. The molecular formula is C16H18F2N2O5. The number of hydrogen-bond donors (Lipinski definition) is 3. The van der Waals surface area contributed by atoms with Crippen molar-refractivity contribution in [2.45, 2.75) is 37.7 Å². The quantitative estimate of drug-likeness (QED) is 0.723. The van der Waals surface area contributed by atoms with Crippen molar-refractivity contribution in [2.24, 2.45) is 0 Å². The number of aliphatic hydroxyl groups is 2. The van der Waals surface area contributed by atoms with Crippen LogP contribution in [0, 0.1) is 0 Å². The number of alkyl halides is 2. The maximum Gasteiger partial charge on any atom is 0.387 e. The molecular weight excluding hydrogens is 338 g/mol. The SMILES string of the molecule is O=CO.O[C@H]1[C@H](O)CC[C@H]1n1ccnc1-c1ccc(OC(F)F)cc1. The lowest BCUT2D eigenvalue weighted by molar-refractivity contribution is -0.122. The van der Waals surface area contributed by atoms with Gasteiger partial charge in [-0.3, -0.25) is 4.79 Å². The van der Waals surface area contributed by atoms with E-state index < -0.39 is 18.8 Å². The molecule has 0 aliphatic heterocycles. The number of halogens is 2. The van der Waals surface area contributed by atoms with Gasteiger partial charge in [0.2, 0.25) is 0 Å². The molecule has 1 fully saturated rings. The molecule has 25 heavy (non-hydrogen) atoms. The Hall–Kier alpha value is -2.52. The van der Waals surface area contributed by atoms with Crippen LogP contribution in [0.5, 0.6) is 5.75 Å². The van der Waals surface area contributed by atoms with Gasteiger partial charge in [0, 0.05) is 18.0 Å². The Morgan fingerprint density at radius 1 is 1.24 bits per heavy atom. The third-order valence-electron chi connectivity index (χ3n) is 3.91. The summed E-state index contributed by atoms with van der Waals surface area (Å²) in [6.07, 6.45) is 2.96. The summed E-state index contributed by atoms with van der Waals surface area (Å²) in [5.41, 5.74) is 0.722. The fourth-order valence-electron chi connectivity index (χ4n) is 2.83. The van der Waals surface area contributed by atoms with Crippen LogP contribution in [0.2, 0.25) is 0 Å². The molecule has 0 unspecified atom stereocenters. The molecule has 0 amide bonds. The van der Waals surface area contributed by atoms with E-state index in [1.165, 1.54) is 12.1 Å². The molecule has 0 radical (unpaired) electrons. The standard InChI is InChI=1S/C15H16F2N2O3.CH2O2/c16-15(17)22-10-3-1-9(2-4-10)14-18-7-8-19(14)11-5-6-12(20)13(11)21;2-1-3/h1-4,7-8,11-13,15,20-21H,5-6H2;1H,(H,2,3)/t11-,12-,13-;/m1./s1. The Bertz CT molecular complexity index is 677. The molecule has 0 bridgehead atoms. The summed E-state index contributed by atoms with van der Waals surface area (Å²) in [5, 5.41) is 26.6. The summed E-state index contributed by atoms with van der Waals surface area (Å²) >= 11 is 0. The molecule has 1 heterocycles. The predicted octanol–water partition coefficient (Wildman–Crippen LogP) is 1.91. The van der Waals surface area contributed by atoms with E-state index in [2.05, 4.69) is 9.72 Å². The molecule has 136 valence electrons. The molecule has 7 nitrogen and oxygen atoms in total. The first-order valence-electron chi connectivity index (χ1n) is 7.50. The van der Waals surface area contributed by atoms with Gasteiger partial charge >= 0.3 is 6.61 Å². The average Bonchev–Trinajstić information content (AvgIpc) is 3.16. The second kappa shape index (κ2) is 8.54. The van der Waals surface area contributed by atoms with Gasteiger partial charge < -0.3 is 24.6 Å². The topological polar surface area (TPSA) is 105 Å². The van der Waals surface area contributed by atoms with E-state index in [4.69, 9.17) is 9.90 Å². The molecule has 0 spiro atoms. The molecule has 1 aliphatic carbocycles. The Balaban J connectivity index is 0.000000701. The number of rotatable bonds is 4. The maximum absolute atomic E-state index is 12.2. The molecule has 3 rings (SSSR count). The monoisotopic (exact) mass is 356 g/mol. The number of aromatic nitrogens is 2. The van der Waals surface area contributed by atoms with Crippen molar-refractivity contribution in [2.75, 3.05) is 0 Å². The number of aliphatic hydroxyl groups excluding tert-OH is 2. The zero-order chi connectivity index (χ0) is 18.4. The lowest BCUT2D eigenvalue weighted by Gasteiger charge is -2.20. The van der Waals surface area contributed by atoms with Crippen molar-refractivity contribution in [1.82, 2.24) is 9.55 Å². The Labute approximate surface area is 142 Å². The fourth-order valence-corrected chi connectivity index (χ4v) is 2.83. The fraction of sp³-hybridized carbons (Fsp3) is 0.375. The van der Waals surface area contributed by atoms with Crippen molar-refractivity contribution in [1.29, 1.82) is 0 Å². The Kier molecular flexibility index (Phi) is 6.43. The van der Waals surface area contributed by atoms with Gasteiger partial charge in [0.25, 0.3) is 6.47 Å². The summed E-state index contributed by atoms with van der Waals surface area (Å²) in [6, 6.07) is 5.91. The van der Waals surface area contributed by atoms with Crippen molar-refractivity contribution in [3.05, 3.63) is 36.7 Å². The number of ether oxygens (including phenoxy) is 1. The summed E-state index contributed by atoms with van der Waals surface area (Å²) < 4.78 is 30.4. The summed E-state index contributed by atoms with van der Waals surface area (Å²) in [4.78, 5) is 12.6. The second-order valence-corrected chi connectivity index (χ2v) is 5.37. The molecule has 3 atom stereocenters. The molecule has 3 N–H and O–H groups in total. The number of benzene rings is 1. The van der Waals surface area contributed by atoms with E-state index in [1.807, 2.05) is 4.57 Å². The van der Waals surface area contributed by atoms with Crippen LogP contribution in [-0.2, 0) is 4.79 Å². The minimum Gasteiger partial charge on any atom is -0.483 e. The van der Waals surface area contributed by atoms with Crippen LogP contribution < -0.4 is 4.74 Å². The third-order valence-corrected chi connectivity index (χ3v) is 3.91. The van der Waals surface area contributed by atoms with Gasteiger partial charge in [-0.15, -0.1) is 0 Å². The second-order valence-electron chi connectivity index (χ2n) is 5.37. The van der Waals surface area contributed by atoms with Gasteiger partial charge in [-0.05, 0) is 37.1 Å². The average molecular weight is 356 g/mol. The van der Waals surface area contributed by atoms with Crippen LogP contribution in [0.15, 0.2) is 36.7 Å². The Morgan fingerprint density at radius 3 is 2.40 bits per heavy atom. The third kappa shape index (κ3) is 4.52. The number of hydrogen-bond acceptors (Lipinski definition) is 5. The zero-order valence-electron chi connectivity index (χ0n) is 13.1. The van der Waals surface area contributed by atoms with Crippen molar-refractivity contribution < 1.29 is 33.6 Å². The summed E-state index contributed by atoms with van der Waals surface area (Å²) in [6.45, 7) is -3.11. The van der Waals surface area contributed by atoms with Crippen LogP contribution in [-0.4, -0.2) is 50.2 Å². The first kappa shape index (κ1) is 18.8. The van der Waals surface area contributed by atoms with Gasteiger partial charge in [-0.25, -0.2) is 4.98 Å². The van der Waals surface area contributed by atoms with Gasteiger partial charge in [0.05, 0.1) is 12.1 Å². The lowest BCUT2D eigenvalue weighted by Crippen LogP contribution is -2.27. The van der Waals surface area contributed by atoms with Crippen LogP contribution >= 0.6 is 0 Å². The highest BCUT2D eigenvalue weighted by atomic mass is 19.3. The van der Waals surface area contributed by atoms with E-state index in [0.717, 1.165) is 5.56 Å². The molecule has 1 aromatic carbocycles. The smallest absolute Gasteiger partial charge is 0.387 e. The number of nitrogens with zero attached hydrogens (tertiary/aromatic N) is 2. The Morgan fingerprint density at radius 2 is 1.88 bits per heavy atom. The normalized spacial score (nSPS) is 22.4. The molecule has 2 aromatic rings. The maximum atomic E-state index is 12.2. The van der Waals surface area contributed by atoms with E-state index in [1.54, 1.807) is 24.5 Å². The first-order valence-corrected chi connectivity index (χ1v) is 7.50. The van der Waals surface area contributed by atoms with E-state index >= 15 is 0 Å². The van der Waals surface area contributed by atoms with Gasteiger partial charge in [-0.1, -0.05) is 0 Å². The zero-order valence-corrected chi connectivity index (χ0v) is 13.1. The van der Waals surface area contributed by atoms with Crippen LogP contribution in [0.1, 0.15) is 18.9 Å². The van der Waals surface area contributed by atoms with E-state index in [0.29, 0.717) is 18.7 Å². The minimum absolute atomic E-state index is 0.0770. The van der Waals surface area contributed by atoms with Crippen molar-refractivity contribution in [3.8, 4) is 17.1 Å². The number of imidazole rings is 1. The molecule has 9 heteroatoms. The summed E-state index contributed by atoms with van der Waals surface area (Å²) in [5.74, 6) is 0.690. The van der Waals surface area contributed by atoms with Crippen LogP contribution in [0.4, 0.5) is 8.78 Å². The highest BCUT2D eigenvalue weighted by molar-refractivity contribution is 5.57. The van der Waals surface area contributed by atoms with Gasteiger partial charge in [0.15, 0.2) is 0 Å². The number of carbonyl (C=O) groups is 1. The predicted molar refractivity (Wildman–Crippen MR) is 83.3 cm³/mol. The van der Waals surface area contributed by atoms with Gasteiger partial charge in [0.1, 0.15) is 17.7 Å². The number of carboxylic acid groups (broad SMARTS) is 1. The van der Waals surface area contributed by atoms with Gasteiger partial charge in [-0.2, -0.15) is 8.78 Å². The van der Waals surface area contributed by atoms with Crippen LogP contribution in [0.3, 0.4) is 0 Å². The van der Waals surface area contributed by atoms with E-state index in [9.17, 15) is 19.0 Å². The molecule has 1 aromatic heterocycles. The molecule has 1 aliphatic rings.